The van der Waals surface area contributed by atoms with Gasteiger partial charge in [-0.25, -0.2) is 0 Å². The number of methoxy groups -OCH3 is 2. The highest BCUT2D eigenvalue weighted by Gasteiger charge is 2.37. The van der Waals surface area contributed by atoms with Gasteiger partial charge in [-0.1, -0.05) is 0 Å². The zero-order valence-electron chi connectivity index (χ0n) is 9.67. The summed E-state index contributed by atoms with van der Waals surface area (Å²) < 4.78 is 10.1. The molecule has 1 fully saturated rings. The highest BCUT2D eigenvalue weighted by atomic mass is 16.6. The number of nitro benzene ring substituents is 1. The Morgan fingerprint density at radius 3 is 2.47 bits per heavy atom. The summed E-state index contributed by atoms with van der Waals surface area (Å²) in [5.74, 6) is 0.708. The van der Waals surface area contributed by atoms with Crippen molar-refractivity contribution in [1.82, 2.24) is 0 Å². The molecule has 6 nitrogen and oxygen atoms in total. The minimum absolute atomic E-state index is 0.0825. The molecule has 0 radical (unpaired) electrons. The monoisotopic (exact) mass is 238 g/mol. The Morgan fingerprint density at radius 2 is 2.06 bits per heavy atom. The Balaban J connectivity index is 2.51. The topological polar surface area (TPSA) is 87.6 Å². The third kappa shape index (κ3) is 2.03. The third-order valence-electron chi connectivity index (χ3n) is 2.95. The SMILES string of the molecule is COc1cc(C2CC2N)cc([N+](=O)[O-])c1OC. The van der Waals surface area contributed by atoms with E-state index < -0.39 is 4.92 Å². The van der Waals surface area contributed by atoms with Gasteiger partial charge in [0, 0.05) is 18.0 Å². The Bertz CT molecular complexity index is 461. The fourth-order valence-electron chi connectivity index (χ4n) is 1.91. The predicted octanol–water partition coefficient (Wildman–Crippen LogP) is 1.43. The highest BCUT2D eigenvalue weighted by Crippen LogP contribution is 2.45. The maximum absolute atomic E-state index is 11.0. The van der Waals surface area contributed by atoms with E-state index in [0.717, 1.165) is 12.0 Å². The minimum atomic E-state index is -0.473. The maximum atomic E-state index is 11.0. The lowest BCUT2D eigenvalue weighted by Gasteiger charge is -2.10. The average Bonchev–Trinajstić information content (AvgIpc) is 3.04. The minimum Gasteiger partial charge on any atom is -0.493 e. The van der Waals surface area contributed by atoms with E-state index >= 15 is 0 Å². The second-order valence-corrected chi connectivity index (χ2v) is 4.04. The standard InChI is InChI=1S/C11H14N2O4/c1-16-10-4-6(7-5-8(7)12)3-9(13(14)15)11(10)17-2/h3-4,7-8H,5,12H2,1-2H3. The first-order valence-corrected chi connectivity index (χ1v) is 5.24. The quantitative estimate of drug-likeness (QED) is 0.633. The van der Waals surface area contributed by atoms with Crippen LogP contribution >= 0.6 is 0 Å². The van der Waals surface area contributed by atoms with Gasteiger partial charge in [-0.05, 0) is 18.1 Å². The van der Waals surface area contributed by atoms with Gasteiger partial charge in [-0.3, -0.25) is 10.1 Å². The van der Waals surface area contributed by atoms with Gasteiger partial charge in [0.15, 0.2) is 5.75 Å². The van der Waals surface area contributed by atoms with Crippen molar-refractivity contribution in [2.75, 3.05) is 14.2 Å². The van der Waals surface area contributed by atoms with Crippen LogP contribution in [0.4, 0.5) is 5.69 Å². The molecule has 2 rings (SSSR count). The summed E-state index contributed by atoms with van der Waals surface area (Å²) in [7, 11) is 2.84. The molecular formula is C11H14N2O4. The van der Waals surface area contributed by atoms with Gasteiger partial charge in [-0.2, -0.15) is 0 Å². The van der Waals surface area contributed by atoms with Crippen LogP contribution in [-0.2, 0) is 0 Å². The van der Waals surface area contributed by atoms with E-state index in [1.807, 2.05) is 0 Å². The van der Waals surface area contributed by atoms with Gasteiger partial charge in [0.1, 0.15) is 0 Å². The molecular weight excluding hydrogens is 224 g/mol. The van der Waals surface area contributed by atoms with Gasteiger partial charge >= 0.3 is 5.69 Å². The first kappa shape index (κ1) is 11.7. The van der Waals surface area contributed by atoms with Crippen LogP contribution in [-0.4, -0.2) is 25.2 Å². The van der Waals surface area contributed by atoms with Crippen molar-refractivity contribution in [3.05, 3.63) is 27.8 Å². The lowest BCUT2D eigenvalue weighted by atomic mass is 10.1. The summed E-state index contributed by atoms with van der Waals surface area (Å²) in [6, 6.07) is 3.36. The van der Waals surface area contributed by atoms with Crippen molar-refractivity contribution in [2.24, 2.45) is 5.73 Å². The smallest absolute Gasteiger partial charge is 0.315 e. The van der Waals surface area contributed by atoms with Crippen molar-refractivity contribution in [2.45, 2.75) is 18.4 Å². The molecule has 0 bridgehead atoms. The lowest BCUT2D eigenvalue weighted by molar-refractivity contribution is -0.385. The first-order valence-electron chi connectivity index (χ1n) is 5.24. The van der Waals surface area contributed by atoms with Crippen molar-refractivity contribution < 1.29 is 14.4 Å². The molecule has 2 N–H and O–H groups in total. The highest BCUT2D eigenvalue weighted by molar-refractivity contribution is 5.59. The fourth-order valence-corrected chi connectivity index (χ4v) is 1.91. The Morgan fingerprint density at radius 1 is 1.41 bits per heavy atom. The van der Waals surface area contributed by atoms with E-state index in [1.54, 1.807) is 6.07 Å². The van der Waals surface area contributed by atoms with Crippen LogP contribution in [0.1, 0.15) is 17.9 Å². The molecule has 17 heavy (non-hydrogen) atoms. The second-order valence-electron chi connectivity index (χ2n) is 4.04. The van der Waals surface area contributed by atoms with Crippen molar-refractivity contribution >= 4 is 5.69 Å². The molecule has 92 valence electrons. The normalized spacial score (nSPS) is 22.1. The van der Waals surface area contributed by atoms with Crippen LogP contribution in [0.3, 0.4) is 0 Å². The van der Waals surface area contributed by atoms with Crippen LogP contribution in [0.15, 0.2) is 12.1 Å². The van der Waals surface area contributed by atoms with E-state index in [0.29, 0.717) is 5.75 Å². The molecule has 1 aliphatic rings. The summed E-state index contributed by atoms with van der Waals surface area (Å²) in [5.41, 5.74) is 6.50. The van der Waals surface area contributed by atoms with Gasteiger partial charge in [0.2, 0.25) is 5.75 Å². The van der Waals surface area contributed by atoms with Crippen LogP contribution in [0.2, 0.25) is 0 Å². The number of nitrogens with two attached hydrogens (primary N) is 1. The van der Waals surface area contributed by atoms with Crippen LogP contribution in [0.25, 0.3) is 0 Å². The molecule has 1 aromatic rings. The number of benzene rings is 1. The molecule has 0 saturated heterocycles. The fraction of sp³-hybridized carbons (Fsp3) is 0.455. The van der Waals surface area contributed by atoms with Crippen molar-refractivity contribution in [3.63, 3.8) is 0 Å². The number of nitrogens with zero attached hydrogens (tertiary/aromatic N) is 1. The first-order chi connectivity index (χ1) is 8.08. The Hall–Kier alpha value is -1.82. The average molecular weight is 238 g/mol. The van der Waals surface area contributed by atoms with Gasteiger partial charge in [0.25, 0.3) is 0 Å². The molecule has 0 aliphatic heterocycles. The lowest BCUT2D eigenvalue weighted by Crippen LogP contribution is -2.03. The molecule has 6 heteroatoms. The van der Waals surface area contributed by atoms with Crippen molar-refractivity contribution in [3.8, 4) is 11.5 Å². The molecule has 0 aromatic heterocycles. The predicted molar refractivity (Wildman–Crippen MR) is 61.5 cm³/mol. The van der Waals surface area contributed by atoms with E-state index in [1.165, 1.54) is 20.3 Å². The number of nitro groups is 1. The Labute approximate surface area is 98.5 Å². The zero-order valence-corrected chi connectivity index (χ0v) is 9.67. The third-order valence-corrected chi connectivity index (χ3v) is 2.95. The molecule has 0 amide bonds. The molecule has 1 aromatic carbocycles. The van der Waals surface area contributed by atoms with Crippen LogP contribution < -0.4 is 15.2 Å². The Kier molecular flexibility index (Phi) is 2.89. The van der Waals surface area contributed by atoms with Crippen molar-refractivity contribution in [1.29, 1.82) is 0 Å². The number of hydrogen-bond donors (Lipinski definition) is 1. The molecule has 1 saturated carbocycles. The summed E-state index contributed by atoms with van der Waals surface area (Å²) in [5, 5.41) is 11.0. The summed E-state index contributed by atoms with van der Waals surface area (Å²) in [6.07, 6.45) is 0.854. The second kappa shape index (κ2) is 4.21. The van der Waals surface area contributed by atoms with Crippen LogP contribution in [0.5, 0.6) is 11.5 Å². The summed E-state index contributed by atoms with van der Waals surface area (Å²) in [6.45, 7) is 0. The van der Waals surface area contributed by atoms with E-state index in [4.69, 9.17) is 15.2 Å². The molecule has 2 unspecified atom stereocenters. The molecule has 0 heterocycles. The van der Waals surface area contributed by atoms with E-state index in [-0.39, 0.29) is 23.4 Å². The van der Waals surface area contributed by atoms with Gasteiger partial charge in [-0.15, -0.1) is 0 Å². The maximum Gasteiger partial charge on any atom is 0.315 e. The molecule has 1 aliphatic carbocycles. The van der Waals surface area contributed by atoms with E-state index in [2.05, 4.69) is 0 Å². The summed E-state index contributed by atoms with van der Waals surface area (Å²) >= 11 is 0. The number of ether oxygens (including phenoxy) is 2. The number of hydrogen-bond acceptors (Lipinski definition) is 5. The largest absolute Gasteiger partial charge is 0.493 e. The number of rotatable bonds is 4. The van der Waals surface area contributed by atoms with Crippen LogP contribution in [0, 0.1) is 10.1 Å². The van der Waals surface area contributed by atoms with Gasteiger partial charge < -0.3 is 15.2 Å². The zero-order chi connectivity index (χ0) is 12.6. The summed E-state index contributed by atoms with van der Waals surface area (Å²) in [4.78, 5) is 10.5. The van der Waals surface area contributed by atoms with E-state index in [9.17, 15) is 10.1 Å². The van der Waals surface area contributed by atoms with Gasteiger partial charge in [0.05, 0.1) is 19.1 Å². The molecule has 0 spiro atoms. The molecule has 2 atom stereocenters.